The molecule has 4 aromatic carbocycles. The molecule has 7 rings (SSSR count). The van der Waals surface area contributed by atoms with Crippen LogP contribution >= 0.6 is 11.6 Å². The maximum absolute atomic E-state index is 10.5. The van der Waals surface area contributed by atoms with Crippen LogP contribution in [-0.2, 0) is 0 Å². The summed E-state index contributed by atoms with van der Waals surface area (Å²) in [5.74, 6) is 1.40. The number of amidine groups is 2. The quantitative estimate of drug-likeness (QED) is 0.211. The van der Waals surface area contributed by atoms with E-state index >= 15 is 0 Å². The van der Waals surface area contributed by atoms with Gasteiger partial charge in [0.2, 0.25) is 0 Å². The van der Waals surface area contributed by atoms with Gasteiger partial charge in [0.1, 0.15) is 0 Å². The van der Waals surface area contributed by atoms with Crippen LogP contribution in [0.5, 0.6) is 11.5 Å². The number of aromatic hydroxyl groups is 2. The molecule has 0 spiro atoms. The van der Waals surface area contributed by atoms with Gasteiger partial charge in [-0.1, -0.05) is 54.1 Å². The Kier molecular flexibility index (Phi) is 5.57. The molecule has 0 aliphatic carbocycles. The number of phenols is 2. The van der Waals surface area contributed by atoms with E-state index in [1.54, 1.807) is 6.07 Å². The van der Waals surface area contributed by atoms with Gasteiger partial charge in [0.05, 0.1) is 28.8 Å². The highest BCUT2D eigenvalue weighted by atomic mass is 35.5. The monoisotopic (exact) mass is 546 g/mol. The van der Waals surface area contributed by atoms with Gasteiger partial charge in [-0.2, -0.15) is 5.10 Å². The van der Waals surface area contributed by atoms with E-state index in [1.807, 2.05) is 96.5 Å². The van der Waals surface area contributed by atoms with Crippen molar-refractivity contribution in [1.82, 2.24) is 9.78 Å². The molecule has 3 N–H and O–H groups in total. The number of hydrogen-bond acceptors (Lipinski definition) is 7. The fourth-order valence-corrected chi connectivity index (χ4v) is 5.47. The molecular formula is C31H23ClN6O2. The lowest BCUT2D eigenvalue weighted by molar-refractivity contribution is 0.403. The Hall–Kier alpha value is -5.08. The van der Waals surface area contributed by atoms with Crippen molar-refractivity contribution in [3.63, 3.8) is 0 Å². The lowest BCUT2D eigenvalue weighted by atomic mass is 9.93. The van der Waals surface area contributed by atoms with Gasteiger partial charge >= 0.3 is 0 Å². The zero-order valence-electron chi connectivity index (χ0n) is 21.3. The van der Waals surface area contributed by atoms with Gasteiger partial charge in [0, 0.05) is 16.3 Å². The Morgan fingerprint density at radius 2 is 1.62 bits per heavy atom. The average molecular weight is 547 g/mol. The van der Waals surface area contributed by atoms with Crippen LogP contribution in [0.4, 0.5) is 22.9 Å². The molecule has 2 aliphatic heterocycles. The summed E-state index contributed by atoms with van der Waals surface area (Å²) >= 11 is 6.29. The first-order chi connectivity index (χ1) is 19.5. The van der Waals surface area contributed by atoms with Gasteiger partial charge in [-0.3, -0.25) is 0 Å². The van der Waals surface area contributed by atoms with Gasteiger partial charge in [-0.25, -0.2) is 14.7 Å². The van der Waals surface area contributed by atoms with E-state index in [2.05, 4.69) is 10.2 Å². The van der Waals surface area contributed by atoms with Crippen LogP contribution < -0.4 is 10.2 Å². The molecular weight excluding hydrogens is 524 g/mol. The molecule has 1 unspecified atom stereocenters. The van der Waals surface area contributed by atoms with Crippen molar-refractivity contribution in [3.8, 4) is 17.2 Å². The smallest absolute Gasteiger partial charge is 0.179 e. The highest BCUT2D eigenvalue weighted by Crippen LogP contribution is 2.49. The van der Waals surface area contributed by atoms with E-state index in [0.717, 1.165) is 39.6 Å². The number of benzene rings is 4. The van der Waals surface area contributed by atoms with Crippen molar-refractivity contribution in [3.05, 3.63) is 119 Å². The van der Waals surface area contributed by atoms with E-state index < -0.39 is 6.04 Å². The Bertz CT molecular complexity index is 1850. The maximum atomic E-state index is 10.5. The second-order valence-electron chi connectivity index (χ2n) is 9.61. The zero-order valence-corrected chi connectivity index (χ0v) is 22.1. The number of rotatable bonds is 3. The van der Waals surface area contributed by atoms with Crippen molar-refractivity contribution >= 4 is 46.2 Å². The average Bonchev–Trinajstić information content (AvgIpc) is 3.30. The van der Waals surface area contributed by atoms with Gasteiger partial charge < -0.3 is 20.4 Å². The number of aromatic nitrogens is 2. The van der Waals surface area contributed by atoms with E-state index in [4.69, 9.17) is 26.7 Å². The second-order valence-corrected chi connectivity index (χ2v) is 10.0. The minimum Gasteiger partial charge on any atom is -0.504 e. The van der Waals surface area contributed by atoms with Gasteiger partial charge in [0.25, 0.3) is 0 Å². The maximum Gasteiger partial charge on any atom is 0.179 e. The second kappa shape index (κ2) is 9.29. The summed E-state index contributed by atoms with van der Waals surface area (Å²) in [7, 11) is 0. The number of nitrogens with zero attached hydrogens (tertiary/aromatic N) is 5. The largest absolute Gasteiger partial charge is 0.504 e. The fraction of sp³-hybridized carbons (Fsp3) is 0.0645. The van der Waals surface area contributed by atoms with Crippen LogP contribution in [0.1, 0.15) is 22.9 Å². The molecule has 40 heavy (non-hydrogen) atoms. The summed E-state index contributed by atoms with van der Waals surface area (Å²) in [5.41, 5.74) is 5.70. The van der Waals surface area contributed by atoms with E-state index in [1.165, 1.54) is 6.07 Å². The Morgan fingerprint density at radius 3 is 2.42 bits per heavy atom. The SMILES string of the molecule is Cc1nn(-c2ccccc2)c2c1C(c1ccc(O)c(O)c1)N1C(=N2)C(Nc2cccc(Cl)c2)=Nc2ccccc21. The highest BCUT2D eigenvalue weighted by molar-refractivity contribution is 6.51. The highest BCUT2D eigenvalue weighted by Gasteiger charge is 2.41. The predicted octanol–water partition coefficient (Wildman–Crippen LogP) is 7.04. The standard InChI is InChI=1S/C31H23ClN6O2/c1-18-27-28(19-14-15-25(39)26(40)16-19)37-24-13-6-5-12-23(24)34-29(33-21-9-7-8-20(32)17-21)31(37)35-30(27)38(36-18)22-10-3-2-4-11-22/h2-17,28,39-40H,1H3,(H,33,34). The van der Waals surface area contributed by atoms with Crippen LogP contribution in [-0.4, -0.2) is 31.7 Å². The number of aliphatic imine (C=N–C) groups is 2. The molecule has 0 bridgehead atoms. The summed E-state index contributed by atoms with van der Waals surface area (Å²) in [6.45, 7) is 1.96. The Labute approximate surface area is 235 Å². The van der Waals surface area contributed by atoms with Crippen molar-refractivity contribution in [2.75, 3.05) is 10.2 Å². The molecule has 0 saturated carbocycles. The van der Waals surface area contributed by atoms with Crippen LogP contribution in [0.2, 0.25) is 5.02 Å². The molecule has 9 heteroatoms. The minimum absolute atomic E-state index is 0.186. The van der Waals surface area contributed by atoms with Crippen molar-refractivity contribution < 1.29 is 10.2 Å². The number of anilines is 2. The van der Waals surface area contributed by atoms with Crippen molar-refractivity contribution in [2.24, 2.45) is 9.98 Å². The third-order valence-electron chi connectivity index (χ3n) is 7.04. The number of fused-ring (bicyclic) bond motifs is 4. The molecule has 5 aromatic rings. The minimum atomic E-state index is -0.431. The molecule has 0 fully saturated rings. The third kappa shape index (κ3) is 3.88. The van der Waals surface area contributed by atoms with Crippen LogP contribution in [0.3, 0.4) is 0 Å². The lowest BCUT2D eigenvalue weighted by Crippen LogP contribution is -2.46. The molecule has 0 radical (unpaired) electrons. The summed E-state index contributed by atoms with van der Waals surface area (Å²) in [4.78, 5) is 12.3. The third-order valence-corrected chi connectivity index (χ3v) is 7.28. The number of aryl methyl sites for hydroxylation is 1. The molecule has 0 amide bonds. The summed E-state index contributed by atoms with van der Waals surface area (Å²) in [6.07, 6.45) is 0. The fourth-order valence-electron chi connectivity index (χ4n) is 5.28. The summed E-state index contributed by atoms with van der Waals surface area (Å²) < 4.78 is 1.83. The normalized spacial score (nSPS) is 15.4. The predicted molar refractivity (Wildman–Crippen MR) is 158 cm³/mol. The van der Waals surface area contributed by atoms with Crippen LogP contribution in [0, 0.1) is 6.92 Å². The first-order valence-electron chi connectivity index (χ1n) is 12.7. The molecule has 3 heterocycles. The van der Waals surface area contributed by atoms with E-state index in [-0.39, 0.29) is 11.5 Å². The first kappa shape index (κ1) is 24.0. The number of nitrogens with one attached hydrogen (secondary N) is 1. The number of phenolic OH excluding ortho intramolecular Hbond substituents is 2. The van der Waals surface area contributed by atoms with E-state index in [0.29, 0.717) is 22.5 Å². The molecule has 196 valence electrons. The summed E-state index contributed by atoms with van der Waals surface area (Å²) in [5, 5.41) is 29.6. The van der Waals surface area contributed by atoms with Gasteiger partial charge in [0.15, 0.2) is 29.0 Å². The van der Waals surface area contributed by atoms with Crippen molar-refractivity contribution in [1.29, 1.82) is 0 Å². The molecule has 0 saturated heterocycles. The molecule has 1 aromatic heterocycles. The first-order valence-corrected chi connectivity index (χ1v) is 13.1. The van der Waals surface area contributed by atoms with Crippen LogP contribution in [0.15, 0.2) is 107 Å². The molecule has 2 aliphatic rings. The number of halogens is 1. The number of hydrogen-bond donors (Lipinski definition) is 3. The Balaban J connectivity index is 1.51. The van der Waals surface area contributed by atoms with Crippen molar-refractivity contribution in [2.45, 2.75) is 13.0 Å². The van der Waals surface area contributed by atoms with Gasteiger partial charge in [-0.05, 0) is 67.1 Å². The van der Waals surface area contributed by atoms with Gasteiger partial charge in [-0.15, -0.1) is 0 Å². The molecule has 8 nitrogen and oxygen atoms in total. The van der Waals surface area contributed by atoms with Crippen LogP contribution in [0.25, 0.3) is 5.69 Å². The lowest BCUT2D eigenvalue weighted by Gasteiger charge is -2.40. The molecule has 1 atom stereocenters. The summed E-state index contributed by atoms with van der Waals surface area (Å²) in [6, 6.07) is 29.6. The topological polar surface area (TPSA) is 98.3 Å². The zero-order chi connectivity index (χ0) is 27.4. The number of para-hydroxylation sites is 3. The van der Waals surface area contributed by atoms with E-state index in [9.17, 15) is 10.2 Å². The Morgan fingerprint density at radius 1 is 0.825 bits per heavy atom.